The average Bonchev–Trinajstić information content (AvgIpc) is 3.19. The lowest BCUT2D eigenvalue weighted by atomic mass is 10.1. The van der Waals surface area contributed by atoms with E-state index in [0.29, 0.717) is 6.54 Å². The van der Waals surface area contributed by atoms with Crippen LogP contribution in [0.3, 0.4) is 0 Å². The molecule has 1 aliphatic rings. The molecule has 1 aliphatic heterocycles. The highest BCUT2D eigenvalue weighted by molar-refractivity contribution is 7.99. The Balaban J connectivity index is 1.35. The van der Waals surface area contributed by atoms with Crippen molar-refractivity contribution in [2.75, 3.05) is 17.2 Å². The van der Waals surface area contributed by atoms with Gasteiger partial charge in [0.15, 0.2) is 0 Å². The van der Waals surface area contributed by atoms with Crippen LogP contribution in [0.5, 0.6) is 0 Å². The highest BCUT2D eigenvalue weighted by Crippen LogP contribution is 2.34. The third-order valence-corrected chi connectivity index (χ3v) is 6.53. The standard InChI is InChI=1S/C24H26N4O2S/c1-17(20-16-25-28(18(20)2)19-8-4-3-5-9-19)26-23(29)12-13-24(30)27-14-15-31-22-11-7-6-10-21(22)27/h3-11,16-17H,12-15H2,1-2H3,(H,26,29). The zero-order chi connectivity index (χ0) is 21.8. The van der Waals surface area contributed by atoms with Gasteiger partial charge in [-0.3, -0.25) is 9.59 Å². The van der Waals surface area contributed by atoms with Crippen molar-refractivity contribution in [1.29, 1.82) is 0 Å². The number of hydrogen-bond acceptors (Lipinski definition) is 4. The van der Waals surface area contributed by atoms with Crippen molar-refractivity contribution in [3.63, 3.8) is 0 Å². The van der Waals surface area contributed by atoms with Crippen LogP contribution in [-0.2, 0) is 9.59 Å². The quantitative estimate of drug-likeness (QED) is 0.629. The largest absolute Gasteiger partial charge is 0.349 e. The predicted octanol–water partition coefficient (Wildman–Crippen LogP) is 4.28. The van der Waals surface area contributed by atoms with Gasteiger partial charge in [0.05, 0.1) is 23.6 Å². The molecule has 0 bridgehead atoms. The smallest absolute Gasteiger partial charge is 0.227 e. The number of rotatable bonds is 6. The number of amides is 2. The van der Waals surface area contributed by atoms with E-state index in [0.717, 1.165) is 33.3 Å². The van der Waals surface area contributed by atoms with Crippen molar-refractivity contribution in [2.45, 2.75) is 37.6 Å². The van der Waals surface area contributed by atoms with Crippen LogP contribution >= 0.6 is 11.8 Å². The number of benzene rings is 2. The molecule has 4 rings (SSSR count). The summed E-state index contributed by atoms with van der Waals surface area (Å²) in [7, 11) is 0. The molecule has 0 spiro atoms. The summed E-state index contributed by atoms with van der Waals surface area (Å²) < 4.78 is 1.87. The zero-order valence-corrected chi connectivity index (χ0v) is 18.6. The zero-order valence-electron chi connectivity index (χ0n) is 17.7. The first-order valence-corrected chi connectivity index (χ1v) is 11.4. The maximum atomic E-state index is 12.8. The van der Waals surface area contributed by atoms with E-state index in [1.165, 1.54) is 0 Å². The number of para-hydroxylation sites is 2. The van der Waals surface area contributed by atoms with Crippen LogP contribution in [0.1, 0.15) is 37.1 Å². The first-order chi connectivity index (χ1) is 15.0. The Morgan fingerprint density at radius 2 is 1.84 bits per heavy atom. The van der Waals surface area contributed by atoms with Crippen LogP contribution in [0, 0.1) is 6.92 Å². The lowest BCUT2D eigenvalue weighted by Crippen LogP contribution is -2.36. The Kier molecular flexibility index (Phi) is 6.42. The molecule has 0 fully saturated rings. The molecular weight excluding hydrogens is 408 g/mol. The van der Waals surface area contributed by atoms with E-state index in [4.69, 9.17) is 0 Å². The molecule has 2 aromatic carbocycles. The summed E-state index contributed by atoms with van der Waals surface area (Å²) in [5, 5.41) is 7.49. The Hall–Kier alpha value is -3.06. The fourth-order valence-electron chi connectivity index (χ4n) is 3.85. The molecule has 2 amide bonds. The molecule has 0 radical (unpaired) electrons. The fourth-order valence-corrected chi connectivity index (χ4v) is 4.85. The Morgan fingerprint density at radius 3 is 2.65 bits per heavy atom. The van der Waals surface area contributed by atoms with Gasteiger partial charge in [0, 0.05) is 41.3 Å². The fraction of sp³-hybridized carbons (Fsp3) is 0.292. The summed E-state index contributed by atoms with van der Waals surface area (Å²) >= 11 is 1.76. The van der Waals surface area contributed by atoms with Crippen molar-refractivity contribution in [2.24, 2.45) is 0 Å². The maximum absolute atomic E-state index is 12.8. The second kappa shape index (κ2) is 9.39. The van der Waals surface area contributed by atoms with Crippen LogP contribution in [-0.4, -0.2) is 33.9 Å². The molecule has 1 aromatic heterocycles. The third-order valence-electron chi connectivity index (χ3n) is 5.49. The minimum Gasteiger partial charge on any atom is -0.349 e. The Labute approximate surface area is 186 Å². The maximum Gasteiger partial charge on any atom is 0.227 e. The molecule has 1 unspecified atom stereocenters. The molecule has 0 aliphatic carbocycles. The molecule has 31 heavy (non-hydrogen) atoms. The van der Waals surface area contributed by atoms with E-state index < -0.39 is 0 Å². The summed E-state index contributed by atoms with van der Waals surface area (Å²) in [6, 6.07) is 17.6. The van der Waals surface area contributed by atoms with E-state index in [-0.39, 0.29) is 30.7 Å². The summed E-state index contributed by atoms with van der Waals surface area (Å²) in [4.78, 5) is 28.2. The molecule has 1 N–H and O–H groups in total. The monoisotopic (exact) mass is 434 g/mol. The average molecular weight is 435 g/mol. The highest BCUT2D eigenvalue weighted by Gasteiger charge is 2.23. The molecular formula is C24H26N4O2S. The van der Waals surface area contributed by atoms with Crippen LogP contribution < -0.4 is 10.2 Å². The second-order valence-electron chi connectivity index (χ2n) is 7.58. The Bertz CT molecular complexity index is 1080. The summed E-state index contributed by atoms with van der Waals surface area (Å²) in [5.74, 6) is 0.729. The molecule has 6 nitrogen and oxygen atoms in total. The highest BCUT2D eigenvalue weighted by atomic mass is 32.2. The van der Waals surface area contributed by atoms with Crippen molar-refractivity contribution in [3.8, 4) is 5.69 Å². The molecule has 7 heteroatoms. The number of nitrogens with one attached hydrogen (secondary N) is 1. The van der Waals surface area contributed by atoms with E-state index in [2.05, 4.69) is 10.4 Å². The van der Waals surface area contributed by atoms with Crippen LogP contribution in [0.2, 0.25) is 0 Å². The van der Waals surface area contributed by atoms with Gasteiger partial charge < -0.3 is 10.2 Å². The molecule has 1 atom stereocenters. The van der Waals surface area contributed by atoms with Crippen molar-refractivity contribution in [1.82, 2.24) is 15.1 Å². The number of carbonyl (C=O) groups excluding carboxylic acids is 2. The minimum atomic E-state index is -0.188. The van der Waals surface area contributed by atoms with Gasteiger partial charge in [0.25, 0.3) is 0 Å². The number of fused-ring (bicyclic) bond motifs is 1. The molecule has 0 saturated carbocycles. The predicted molar refractivity (Wildman–Crippen MR) is 124 cm³/mol. The number of nitrogens with zero attached hydrogens (tertiary/aromatic N) is 3. The number of hydrogen-bond donors (Lipinski definition) is 1. The van der Waals surface area contributed by atoms with Gasteiger partial charge in [-0.25, -0.2) is 4.68 Å². The van der Waals surface area contributed by atoms with Gasteiger partial charge in [-0.05, 0) is 38.1 Å². The van der Waals surface area contributed by atoms with E-state index >= 15 is 0 Å². The van der Waals surface area contributed by atoms with Crippen LogP contribution in [0.15, 0.2) is 65.7 Å². The molecule has 2 heterocycles. The normalized spacial score (nSPS) is 14.1. The first-order valence-electron chi connectivity index (χ1n) is 10.5. The van der Waals surface area contributed by atoms with Crippen molar-refractivity contribution < 1.29 is 9.59 Å². The van der Waals surface area contributed by atoms with Crippen LogP contribution in [0.25, 0.3) is 5.69 Å². The molecule has 3 aromatic rings. The van der Waals surface area contributed by atoms with Gasteiger partial charge in [-0.2, -0.15) is 5.10 Å². The van der Waals surface area contributed by atoms with Crippen LogP contribution in [0.4, 0.5) is 5.69 Å². The van der Waals surface area contributed by atoms with Gasteiger partial charge in [-0.15, -0.1) is 11.8 Å². The minimum absolute atomic E-state index is 0.0105. The van der Waals surface area contributed by atoms with Gasteiger partial charge in [0.1, 0.15) is 0 Å². The third kappa shape index (κ3) is 4.66. The van der Waals surface area contributed by atoms with Crippen molar-refractivity contribution >= 4 is 29.3 Å². The summed E-state index contributed by atoms with van der Waals surface area (Å²) in [6.45, 7) is 4.61. The lowest BCUT2D eigenvalue weighted by molar-refractivity contribution is -0.125. The second-order valence-corrected chi connectivity index (χ2v) is 8.72. The van der Waals surface area contributed by atoms with Gasteiger partial charge in [-0.1, -0.05) is 30.3 Å². The molecule has 0 saturated heterocycles. The topological polar surface area (TPSA) is 67.2 Å². The van der Waals surface area contributed by atoms with Crippen molar-refractivity contribution in [3.05, 3.63) is 72.1 Å². The van der Waals surface area contributed by atoms with E-state index in [1.807, 2.05) is 73.1 Å². The first kappa shape index (κ1) is 21.2. The van der Waals surface area contributed by atoms with Gasteiger partial charge in [0.2, 0.25) is 11.8 Å². The van der Waals surface area contributed by atoms with E-state index in [1.54, 1.807) is 22.9 Å². The number of anilines is 1. The number of thioether (sulfide) groups is 1. The summed E-state index contributed by atoms with van der Waals surface area (Å²) in [6.07, 6.45) is 2.15. The molecule has 160 valence electrons. The van der Waals surface area contributed by atoms with E-state index in [9.17, 15) is 9.59 Å². The number of carbonyl (C=O) groups is 2. The van der Waals surface area contributed by atoms with Gasteiger partial charge >= 0.3 is 0 Å². The summed E-state index contributed by atoms with van der Waals surface area (Å²) in [5.41, 5.74) is 3.87. The lowest BCUT2D eigenvalue weighted by Gasteiger charge is -2.29. The SMILES string of the molecule is Cc1c(C(C)NC(=O)CCC(=O)N2CCSc3ccccc32)cnn1-c1ccccc1. The Morgan fingerprint density at radius 1 is 1.10 bits per heavy atom. The number of aromatic nitrogens is 2.